The van der Waals surface area contributed by atoms with Gasteiger partial charge in [-0.15, -0.1) is 0 Å². The molecule has 1 atom stereocenters. The number of halogens is 3. The van der Waals surface area contributed by atoms with Crippen LogP contribution in [-0.4, -0.2) is 14.7 Å². The van der Waals surface area contributed by atoms with Gasteiger partial charge in [0.1, 0.15) is 5.76 Å². The van der Waals surface area contributed by atoms with Crippen LogP contribution in [0.4, 0.5) is 0 Å². The van der Waals surface area contributed by atoms with Crippen molar-refractivity contribution in [3.8, 4) is 0 Å². The van der Waals surface area contributed by atoms with Crippen LogP contribution >= 0.6 is 34.8 Å². The predicted octanol–water partition coefficient (Wildman–Crippen LogP) is 5.08. The van der Waals surface area contributed by atoms with E-state index in [1.807, 2.05) is 12.2 Å². The van der Waals surface area contributed by atoms with Crippen LogP contribution in [0.25, 0.3) is 0 Å². The summed E-state index contributed by atoms with van der Waals surface area (Å²) in [4.78, 5) is 11.2. The molecule has 0 amide bonds. The number of alkyl halides is 3. The summed E-state index contributed by atoms with van der Waals surface area (Å²) in [6, 6.07) is 0. The molecule has 0 saturated carbocycles. The molecule has 0 saturated heterocycles. The fourth-order valence-corrected chi connectivity index (χ4v) is 1.10. The summed E-state index contributed by atoms with van der Waals surface area (Å²) in [6.07, 6.45) is 12.4. The number of carbonyl (C=O) groups excluding carboxylic acids is 1. The van der Waals surface area contributed by atoms with Gasteiger partial charge in [0, 0.05) is 6.08 Å². The smallest absolute Gasteiger partial charge is 0.252 e. The first kappa shape index (κ1) is 18.3. The van der Waals surface area contributed by atoms with E-state index in [0.717, 1.165) is 12.5 Å². The van der Waals surface area contributed by atoms with E-state index >= 15 is 0 Å². The van der Waals surface area contributed by atoms with Crippen molar-refractivity contribution < 1.29 is 9.90 Å². The van der Waals surface area contributed by atoms with Crippen LogP contribution in [0.3, 0.4) is 0 Å². The van der Waals surface area contributed by atoms with E-state index in [2.05, 4.69) is 19.9 Å². The Labute approximate surface area is 129 Å². The minimum Gasteiger partial charge on any atom is -0.508 e. The van der Waals surface area contributed by atoms with Gasteiger partial charge in [0.25, 0.3) is 3.79 Å². The number of carbonyl (C=O) groups is 1. The van der Waals surface area contributed by atoms with E-state index in [9.17, 15) is 9.90 Å². The molecule has 19 heavy (non-hydrogen) atoms. The number of aliphatic hydroxyl groups excluding tert-OH is 1. The fraction of sp³-hybridized carbons (Fsp3) is 0.357. The highest BCUT2D eigenvalue weighted by molar-refractivity contribution is 6.77. The van der Waals surface area contributed by atoms with E-state index < -0.39 is 9.58 Å². The largest absolute Gasteiger partial charge is 0.508 e. The number of rotatable bonds is 6. The van der Waals surface area contributed by atoms with Crippen LogP contribution < -0.4 is 0 Å². The summed E-state index contributed by atoms with van der Waals surface area (Å²) >= 11 is 16.1. The van der Waals surface area contributed by atoms with Crippen LogP contribution in [0, 0.1) is 5.92 Å². The van der Waals surface area contributed by atoms with Gasteiger partial charge in [0.15, 0.2) is 0 Å². The fourth-order valence-electron chi connectivity index (χ4n) is 0.937. The van der Waals surface area contributed by atoms with Gasteiger partial charge in [-0.1, -0.05) is 85.5 Å². The van der Waals surface area contributed by atoms with E-state index in [1.165, 1.54) is 6.08 Å². The van der Waals surface area contributed by atoms with Crippen LogP contribution in [0.5, 0.6) is 0 Å². The molecule has 0 fully saturated rings. The Bertz CT molecular complexity index is 401. The first-order valence-electron chi connectivity index (χ1n) is 5.80. The zero-order valence-electron chi connectivity index (χ0n) is 10.8. The molecule has 0 aliphatic heterocycles. The molecule has 0 aliphatic rings. The van der Waals surface area contributed by atoms with Gasteiger partial charge in [-0.05, 0) is 12.0 Å². The molecule has 5 heteroatoms. The zero-order valence-corrected chi connectivity index (χ0v) is 13.1. The number of aliphatic hydroxyl groups is 1. The molecular formula is C14H17Cl3O2. The normalized spacial score (nSPS) is 15.7. The van der Waals surface area contributed by atoms with Gasteiger partial charge in [-0.2, -0.15) is 0 Å². The van der Waals surface area contributed by atoms with Gasteiger partial charge < -0.3 is 5.11 Å². The van der Waals surface area contributed by atoms with E-state index in [-0.39, 0.29) is 5.76 Å². The Balaban J connectivity index is 4.35. The zero-order chi connectivity index (χ0) is 14.9. The third-order valence-electron chi connectivity index (χ3n) is 2.24. The van der Waals surface area contributed by atoms with Crippen molar-refractivity contribution >= 4 is 40.6 Å². The highest BCUT2D eigenvalue weighted by Gasteiger charge is 2.28. The van der Waals surface area contributed by atoms with Crippen molar-refractivity contribution in [3.05, 3.63) is 48.3 Å². The Morgan fingerprint density at radius 1 is 1.21 bits per heavy atom. The second-order valence-corrected chi connectivity index (χ2v) is 6.23. The Morgan fingerprint density at radius 3 is 2.32 bits per heavy atom. The Hall–Kier alpha value is -0.700. The molecule has 0 aromatic heterocycles. The van der Waals surface area contributed by atoms with Crippen molar-refractivity contribution in [1.82, 2.24) is 0 Å². The molecule has 1 unspecified atom stereocenters. The molecule has 2 nitrogen and oxygen atoms in total. The van der Waals surface area contributed by atoms with Crippen molar-refractivity contribution in [3.63, 3.8) is 0 Å². The summed E-state index contributed by atoms with van der Waals surface area (Å²) in [7, 11) is 0. The maximum atomic E-state index is 11.2. The van der Waals surface area contributed by atoms with Crippen molar-refractivity contribution in [2.45, 2.75) is 24.1 Å². The minimum atomic E-state index is -2.04. The van der Waals surface area contributed by atoms with E-state index in [0.29, 0.717) is 5.92 Å². The third-order valence-corrected chi connectivity index (χ3v) is 2.80. The Morgan fingerprint density at radius 2 is 1.79 bits per heavy atom. The highest BCUT2D eigenvalue weighted by atomic mass is 35.6. The molecular weight excluding hydrogens is 307 g/mol. The average molecular weight is 324 g/mol. The first-order chi connectivity index (χ1) is 8.77. The monoisotopic (exact) mass is 322 g/mol. The molecule has 0 aromatic carbocycles. The van der Waals surface area contributed by atoms with Crippen LogP contribution in [0.1, 0.15) is 20.3 Å². The summed E-state index contributed by atoms with van der Waals surface area (Å²) in [5.74, 6) is -0.531. The topological polar surface area (TPSA) is 37.3 Å². The maximum absolute atomic E-state index is 11.2. The molecule has 0 heterocycles. The van der Waals surface area contributed by atoms with Crippen LogP contribution in [0.15, 0.2) is 48.3 Å². The van der Waals surface area contributed by atoms with Gasteiger partial charge >= 0.3 is 0 Å². The third kappa shape index (κ3) is 9.83. The van der Waals surface area contributed by atoms with E-state index in [4.69, 9.17) is 34.8 Å². The molecule has 0 aromatic rings. The standard InChI is InChI=1S/C14H17Cl3O2/c1-3-11(2)8-6-4-5-7-9-12(18)10-13(19)14(15,16)17/h4-11,18H,3H2,1-2H3/b5-4+,8-6+,9-7+,12-10-. The Kier molecular flexibility index (Phi) is 8.90. The number of allylic oxidation sites excluding steroid dienone is 7. The molecule has 0 bridgehead atoms. The molecule has 0 spiro atoms. The average Bonchev–Trinajstić information content (AvgIpc) is 2.31. The SMILES string of the molecule is CCC(C)/C=C/C=C/C=C/C(O)=C/C(=O)C(Cl)(Cl)Cl. The van der Waals surface area contributed by atoms with Gasteiger partial charge in [-0.25, -0.2) is 0 Å². The lowest BCUT2D eigenvalue weighted by Crippen LogP contribution is -2.16. The number of ketones is 1. The molecule has 106 valence electrons. The number of hydrogen-bond donors (Lipinski definition) is 1. The highest BCUT2D eigenvalue weighted by Crippen LogP contribution is 2.27. The number of hydrogen-bond acceptors (Lipinski definition) is 2. The molecule has 0 rings (SSSR count). The lowest BCUT2D eigenvalue weighted by Gasteiger charge is -2.04. The van der Waals surface area contributed by atoms with Gasteiger partial charge in [0.2, 0.25) is 5.78 Å². The molecule has 0 aliphatic carbocycles. The minimum absolute atomic E-state index is 0.271. The summed E-state index contributed by atoms with van der Waals surface area (Å²) in [5.41, 5.74) is 0. The summed E-state index contributed by atoms with van der Waals surface area (Å²) in [5, 5.41) is 9.39. The molecule has 0 radical (unpaired) electrons. The van der Waals surface area contributed by atoms with Gasteiger partial charge in [0.05, 0.1) is 0 Å². The second kappa shape index (κ2) is 9.24. The molecule has 1 N–H and O–H groups in total. The van der Waals surface area contributed by atoms with Crippen molar-refractivity contribution in [1.29, 1.82) is 0 Å². The lowest BCUT2D eigenvalue weighted by molar-refractivity contribution is -0.113. The maximum Gasteiger partial charge on any atom is 0.252 e. The van der Waals surface area contributed by atoms with Crippen molar-refractivity contribution in [2.24, 2.45) is 5.92 Å². The first-order valence-corrected chi connectivity index (χ1v) is 6.94. The second-order valence-electron chi connectivity index (χ2n) is 3.95. The summed E-state index contributed by atoms with van der Waals surface area (Å²) < 4.78 is -2.04. The van der Waals surface area contributed by atoms with Gasteiger partial charge in [-0.3, -0.25) is 4.79 Å². The van der Waals surface area contributed by atoms with Crippen LogP contribution in [0.2, 0.25) is 0 Å². The predicted molar refractivity (Wildman–Crippen MR) is 82.9 cm³/mol. The lowest BCUT2D eigenvalue weighted by atomic mass is 10.1. The van der Waals surface area contributed by atoms with E-state index in [1.54, 1.807) is 12.2 Å². The quantitative estimate of drug-likeness (QED) is 0.320. The summed E-state index contributed by atoms with van der Waals surface area (Å²) in [6.45, 7) is 4.24. The van der Waals surface area contributed by atoms with Crippen LogP contribution in [-0.2, 0) is 4.79 Å². The van der Waals surface area contributed by atoms with Crippen molar-refractivity contribution in [2.75, 3.05) is 0 Å².